The average molecular weight is 445 g/mol. The van der Waals surface area contributed by atoms with Crippen molar-refractivity contribution in [2.24, 2.45) is 0 Å². The fraction of sp³-hybridized carbons (Fsp3) is 0.421. The predicted octanol–water partition coefficient (Wildman–Crippen LogP) is 3.09. The molecule has 0 fully saturated rings. The summed E-state index contributed by atoms with van der Waals surface area (Å²) < 4.78 is 31.7. The van der Waals surface area contributed by atoms with Crippen LogP contribution in [0.15, 0.2) is 40.1 Å². The summed E-state index contributed by atoms with van der Waals surface area (Å²) >= 11 is 12.7. The van der Waals surface area contributed by atoms with Crippen molar-refractivity contribution in [2.45, 2.75) is 19.8 Å². The van der Waals surface area contributed by atoms with Gasteiger partial charge in [-0.1, -0.05) is 35.3 Å². The van der Waals surface area contributed by atoms with Gasteiger partial charge in [-0.25, -0.2) is 13.2 Å². The number of nitrogens with zero attached hydrogens (tertiary/aromatic N) is 1. The van der Waals surface area contributed by atoms with Crippen LogP contribution in [0, 0.1) is 0 Å². The van der Waals surface area contributed by atoms with Crippen LogP contribution in [0.4, 0.5) is 0 Å². The molecule has 0 aliphatic carbocycles. The highest BCUT2D eigenvalue weighted by atomic mass is 35.5. The first-order chi connectivity index (χ1) is 13.2. The largest absolute Gasteiger partial charge is 0.463 e. The number of rotatable bonds is 3. The molecule has 0 saturated heterocycles. The Kier molecular flexibility index (Phi) is 6.10. The number of sulfone groups is 1. The molecule has 0 amide bonds. The number of allylic oxidation sites excluding steroid dienone is 2. The van der Waals surface area contributed by atoms with Gasteiger partial charge in [0.05, 0.1) is 38.8 Å². The molecule has 2 aliphatic rings. The highest BCUT2D eigenvalue weighted by molar-refractivity contribution is 7.95. The maximum absolute atomic E-state index is 13.2. The lowest BCUT2D eigenvalue weighted by molar-refractivity contribution is -0.138. The molecule has 9 heteroatoms. The Balaban J connectivity index is 2.31. The van der Waals surface area contributed by atoms with E-state index in [1.807, 2.05) is 11.9 Å². The third-order valence-electron chi connectivity index (χ3n) is 4.88. The molecule has 3 rings (SSSR count). The Labute approximate surface area is 175 Å². The molecule has 0 bridgehead atoms. The van der Waals surface area contributed by atoms with E-state index in [1.54, 1.807) is 32.0 Å². The molecule has 2 aliphatic heterocycles. The molecule has 0 saturated carbocycles. The van der Waals surface area contributed by atoms with Crippen LogP contribution in [0.5, 0.6) is 0 Å². The van der Waals surface area contributed by atoms with Crippen LogP contribution in [-0.2, 0) is 19.4 Å². The number of likely N-dealkylation sites (N-methyl/N-ethyl adjacent to an activating group) is 1. The van der Waals surface area contributed by atoms with E-state index in [-0.39, 0.29) is 27.9 Å². The van der Waals surface area contributed by atoms with Crippen LogP contribution in [0.2, 0.25) is 10.0 Å². The number of nitrogens with one attached hydrogen (secondary N) is 1. The average Bonchev–Trinajstić information content (AvgIpc) is 2.72. The summed E-state index contributed by atoms with van der Waals surface area (Å²) in [7, 11) is -1.80. The van der Waals surface area contributed by atoms with Gasteiger partial charge >= 0.3 is 5.97 Å². The van der Waals surface area contributed by atoms with E-state index in [0.717, 1.165) is 0 Å². The lowest BCUT2D eigenvalue weighted by atomic mass is 9.86. The van der Waals surface area contributed by atoms with Gasteiger partial charge in [0.25, 0.3) is 0 Å². The maximum atomic E-state index is 13.2. The van der Waals surface area contributed by atoms with E-state index in [1.165, 1.54) is 0 Å². The van der Waals surface area contributed by atoms with Crippen LogP contribution < -0.4 is 5.32 Å². The molecule has 1 aromatic carbocycles. The number of hydrogen-bond donors (Lipinski definition) is 1. The van der Waals surface area contributed by atoms with Crippen molar-refractivity contribution in [3.8, 4) is 0 Å². The molecule has 152 valence electrons. The van der Waals surface area contributed by atoms with Gasteiger partial charge < -0.3 is 10.1 Å². The first-order valence-corrected chi connectivity index (χ1v) is 11.3. The summed E-state index contributed by atoms with van der Waals surface area (Å²) in [4.78, 5) is 14.9. The number of carbonyl (C=O) groups excluding carboxylic acids is 1. The Bertz CT molecular complexity index is 986. The van der Waals surface area contributed by atoms with Gasteiger partial charge in [-0.05, 0) is 32.5 Å². The van der Waals surface area contributed by atoms with Crippen molar-refractivity contribution in [1.29, 1.82) is 0 Å². The normalized spacial score (nSPS) is 22.4. The van der Waals surface area contributed by atoms with Crippen molar-refractivity contribution in [1.82, 2.24) is 10.2 Å². The van der Waals surface area contributed by atoms with Gasteiger partial charge in [0.15, 0.2) is 9.84 Å². The summed E-state index contributed by atoms with van der Waals surface area (Å²) in [5.74, 6) is -1.50. The Hall–Kier alpha value is -1.54. The minimum atomic E-state index is -3.65. The van der Waals surface area contributed by atoms with Crippen LogP contribution >= 0.6 is 23.2 Å². The van der Waals surface area contributed by atoms with E-state index < -0.39 is 21.7 Å². The fourth-order valence-corrected chi connectivity index (χ4v) is 5.90. The van der Waals surface area contributed by atoms with E-state index in [0.29, 0.717) is 35.1 Å². The lowest BCUT2D eigenvalue weighted by Crippen LogP contribution is -2.34. The van der Waals surface area contributed by atoms with Crippen LogP contribution in [0.25, 0.3) is 0 Å². The van der Waals surface area contributed by atoms with E-state index >= 15 is 0 Å². The molecule has 2 heterocycles. The smallest absolute Gasteiger partial charge is 0.336 e. The monoisotopic (exact) mass is 444 g/mol. The molecule has 1 atom stereocenters. The number of dihydropyridines is 1. The minimum absolute atomic E-state index is 0.0478. The highest BCUT2D eigenvalue weighted by Crippen LogP contribution is 2.45. The van der Waals surface area contributed by atoms with Gasteiger partial charge in [-0.3, -0.25) is 4.90 Å². The molecular formula is C19H22Cl2N2O4S. The predicted molar refractivity (Wildman–Crippen MR) is 110 cm³/mol. The zero-order valence-corrected chi connectivity index (χ0v) is 18.2. The van der Waals surface area contributed by atoms with E-state index in [9.17, 15) is 13.2 Å². The third-order valence-corrected chi connectivity index (χ3v) is 7.59. The van der Waals surface area contributed by atoms with Crippen molar-refractivity contribution in [3.05, 3.63) is 55.7 Å². The molecule has 1 aromatic rings. The zero-order chi connectivity index (χ0) is 20.6. The number of esters is 1. The SMILES string of the molecule is CCOC(=O)C1=C(C)NC2=C(C1c1cccc(Cl)c1Cl)S(=O)(=O)CCN(C)C2. The van der Waals surface area contributed by atoms with Gasteiger partial charge in [0, 0.05) is 24.5 Å². The van der Waals surface area contributed by atoms with E-state index in [2.05, 4.69) is 5.32 Å². The van der Waals surface area contributed by atoms with Crippen molar-refractivity contribution in [2.75, 3.05) is 32.5 Å². The van der Waals surface area contributed by atoms with Gasteiger partial charge in [-0.2, -0.15) is 0 Å². The maximum Gasteiger partial charge on any atom is 0.336 e. The second-order valence-electron chi connectivity index (χ2n) is 6.86. The number of carbonyl (C=O) groups is 1. The van der Waals surface area contributed by atoms with Crippen LogP contribution in [-0.4, -0.2) is 51.8 Å². The number of hydrogen-bond acceptors (Lipinski definition) is 6. The molecule has 1 N–H and O–H groups in total. The minimum Gasteiger partial charge on any atom is -0.463 e. The Morgan fingerprint density at radius 2 is 2.07 bits per heavy atom. The van der Waals surface area contributed by atoms with Gasteiger partial charge in [0.1, 0.15) is 0 Å². The second kappa shape index (κ2) is 8.06. The molecular weight excluding hydrogens is 423 g/mol. The topological polar surface area (TPSA) is 75.7 Å². The molecule has 0 radical (unpaired) electrons. The molecule has 28 heavy (non-hydrogen) atoms. The highest BCUT2D eigenvalue weighted by Gasteiger charge is 2.43. The lowest BCUT2D eigenvalue weighted by Gasteiger charge is -2.32. The molecule has 6 nitrogen and oxygen atoms in total. The van der Waals surface area contributed by atoms with Gasteiger partial charge in [-0.15, -0.1) is 0 Å². The van der Waals surface area contributed by atoms with Crippen LogP contribution in [0.3, 0.4) is 0 Å². The number of halogens is 2. The number of ether oxygens (including phenoxy) is 1. The molecule has 0 aromatic heterocycles. The summed E-state index contributed by atoms with van der Waals surface area (Å²) in [6.45, 7) is 4.41. The number of benzene rings is 1. The van der Waals surface area contributed by atoms with Crippen molar-refractivity contribution < 1.29 is 17.9 Å². The Morgan fingerprint density at radius 3 is 2.75 bits per heavy atom. The zero-order valence-electron chi connectivity index (χ0n) is 15.9. The van der Waals surface area contributed by atoms with Crippen molar-refractivity contribution >= 4 is 39.0 Å². The standard InChI is InChI=1S/C19H22Cl2N2O4S/c1-4-27-19(24)15-11(2)22-14-10-23(3)8-9-28(25,26)18(14)16(15)12-6-5-7-13(20)17(12)21/h5-7,16,22H,4,8-10H2,1-3H3. The summed E-state index contributed by atoms with van der Waals surface area (Å²) in [6, 6.07) is 5.02. The van der Waals surface area contributed by atoms with Crippen LogP contribution in [0.1, 0.15) is 25.3 Å². The van der Waals surface area contributed by atoms with E-state index in [4.69, 9.17) is 27.9 Å². The first kappa shape index (κ1) is 21.2. The van der Waals surface area contributed by atoms with Crippen molar-refractivity contribution in [3.63, 3.8) is 0 Å². The fourth-order valence-electron chi connectivity index (χ4n) is 3.62. The third kappa shape index (κ3) is 3.81. The summed E-state index contributed by atoms with van der Waals surface area (Å²) in [5, 5.41) is 3.65. The second-order valence-corrected chi connectivity index (χ2v) is 9.72. The van der Waals surface area contributed by atoms with Gasteiger partial charge in [0.2, 0.25) is 0 Å². The quantitative estimate of drug-likeness (QED) is 0.721. The summed E-state index contributed by atoms with van der Waals surface area (Å²) in [6.07, 6.45) is 0. The molecule has 1 unspecified atom stereocenters. The molecule has 0 spiro atoms. The first-order valence-electron chi connectivity index (χ1n) is 8.90. The Morgan fingerprint density at radius 1 is 1.36 bits per heavy atom. The summed E-state index contributed by atoms with van der Waals surface area (Å²) in [5.41, 5.74) is 1.80.